The second-order valence-corrected chi connectivity index (χ2v) is 6.99. The van der Waals surface area contributed by atoms with Gasteiger partial charge in [-0.05, 0) is 5.92 Å². The molecule has 0 spiro atoms. The number of ketones is 1. The zero-order valence-corrected chi connectivity index (χ0v) is 14.9. The number of imide groups is 1. The first-order valence-corrected chi connectivity index (χ1v) is 8.47. The minimum absolute atomic E-state index is 0.0643. The van der Waals surface area contributed by atoms with Gasteiger partial charge in [0.25, 0.3) is 0 Å². The number of Topliss-reactive ketones (excluding diaryl/α,β-unsaturated/α-hetero) is 1. The Hall–Kier alpha value is -1.80. The Bertz CT molecular complexity index is 543. The number of rotatable bonds is 5. The third kappa shape index (κ3) is 4.64. The number of carbonyl (C=O) groups excluding carboxylic acids is 4. The molecule has 0 radical (unpaired) electrons. The van der Waals surface area contributed by atoms with Crippen LogP contribution < -0.4 is 5.32 Å². The van der Waals surface area contributed by atoms with Crippen molar-refractivity contribution in [3.63, 3.8) is 0 Å². The molecule has 2 rings (SSSR count). The predicted octanol–water partition coefficient (Wildman–Crippen LogP) is 0.574. The highest BCUT2D eigenvalue weighted by Crippen LogP contribution is 2.31. The lowest BCUT2D eigenvalue weighted by Crippen LogP contribution is -2.57. The van der Waals surface area contributed by atoms with Crippen molar-refractivity contribution < 1.29 is 33.4 Å². The highest BCUT2D eigenvalue weighted by atomic mass is 16.7. The number of amides is 2. The number of hydrogen-bond donors (Lipinski definition) is 1. The molecule has 1 N–H and O–H groups in total. The monoisotopic (exact) mass is 355 g/mol. The van der Waals surface area contributed by atoms with Gasteiger partial charge in [-0.1, -0.05) is 20.8 Å². The molecule has 25 heavy (non-hydrogen) atoms. The maximum atomic E-state index is 12.8. The molecule has 0 aromatic carbocycles. The lowest BCUT2D eigenvalue weighted by atomic mass is 9.82. The highest BCUT2D eigenvalue weighted by Gasteiger charge is 2.48. The van der Waals surface area contributed by atoms with E-state index in [4.69, 9.17) is 14.2 Å². The van der Waals surface area contributed by atoms with E-state index >= 15 is 0 Å². The summed E-state index contributed by atoms with van der Waals surface area (Å²) in [7, 11) is 0. The summed E-state index contributed by atoms with van der Waals surface area (Å²) in [6, 6.07) is 0. The molecule has 2 aliphatic rings. The van der Waals surface area contributed by atoms with Gasteiger partial charge in [-0.25, -0.2) is 0 Å². The average Bonchev–Trinajstić information content (AvgIpc) is 2.52. The van der Waals surface area contributed by atoms with Gasteiger partial charge in [0.2, 0.25) is 11.8 Å². The Morgan fingerprint density at radius 3 is 2.24 bits per heavy atom. The second kappa shape index (κ2) is 8.05. The van der Waals surface area contributed by atoms with E-state index in [9.17, 15) is 19.2 Å². The maximum Gasteiger partial charge on any atom is 0.303 e. The van der Waals surface area contributed by atoms with Crippen molar-refractivity contribution in [1.82, 2.24) is 5.32 Å². The number of nitrogens with one attached hydrogen (secondary N) is 1. The van der Waals surface area contributed by atoms with Gasteiger partial charge < -0.3 is 14.2 Å². The summed E-state index contributed by atoms with van der Waals surface area (Å²) in [6.07, 6.45) is -2.58. The van der Waals surface area contributed by atoms with Crippen molar-refractivity contribution in [3.8, 4) is 0 Å². The fraction of sp³-hybridized carbons (Fsp3) is 0.765. The zero-order valence-electron chi connectivity index (χ0n) is 14.9. The van der Waals surface area contributed by atoms with E-state index in [1.165, 1.54) is 6.92 Å². The molecule has 2 unspecified atom stereocenters. The smallest absolute Gasteiger partial charge is 0.303 e. The summed E-state index contributed by atoms with van der Waals surface area (Å²) in [4.78, 5) is 47.7. The largest absolute Gasteiger partial charge is 0.456 e. The van der Waals surface area contributed by atoms with Crippen molar-refractivity contribution >= 4 is 23.6 Å². The van der Waals surface area contributed by atoms with Gasteiger partial charge in [0, 0.05) is 31.6 Å². The van der Waals surface area contributed by atoms with Crippen LogP contribution in [-0.2, 0) is 33.4 Å². The molecule has 8 nitrogen and oxygen atoms in total. The molecule has 2 fully saturated rings. The molecule has 140 valence electrons. The number of ether oxygens (including phenoxy) is 3. The van der Waals surface area contributed by atoms with Crippen LogP contribution in [0.15, 0.2) is 0 Å². The molecular formula is C17H25NO7. The van der Waals surface area contributed by atoms with Crippen LogP contribution in [0.3, 0.4) is 0 Å². The van der Waals surface area contributed by atoms with Crippen molar-refractivity contribution in [2.45, 2.75) is 58.8 Å². The van der Waals surface area contributed by atoms with Crippen molar-refractivity contribution in [3.05, 3.63) is 0 Å². The van der Waals surface area contributed by atoms with Crippen LogP contribution in [0.5, 0.6) is 0 Å². The van der Waals surface area contributed by atoms with Gasteiger partial charge >= 0.3 is 5.97 Å². The van der Waals surface area contributed by atoms with Gasteiger partial charge in [-0.3, -0.25) is 24.5 Å². The normalized spacial score (nSPS) is 29.2. The third-order valence-electron chi connectivity index (χ3n) is 4.80. The molecular weight excluding hydrogens is 330 g/mol. The van der Waals surface area contributed by atoms with Gasteiger partial charge in [0.1, 0.15) is 12.9 Å². The van der Waals surface area contributed by atoms with Crippen LogP contribution in [0.1, 0.15) is 40.5 Å². The van der Waals surface area contributed by atoms with E-state index in [2.05, 4.69) is 5.32 Å². The molecule has 4 atom stereocenters. The van der Waals surface area contributed by atoms with Gasteiger partial charge in [-0.15, -0.1) is 0 Å². The molecule has 8 heteroatoms. The van der Waals surface area contributed by atoms with Crippen molar-refractivity contribution in [1.29, 1.82) is 0 Å². The van der Waals surface area contributed by atoms with Crippen molar-refractivity contribution in [2.24, 2.45) is 17.8 Å². The average molecular weight is 355 g/mol. The quantitative estimate of drug-likeness (QED) is 0.567. The van der Waals surface area contributed by atoms with Crippen LogP contribution in [0.4, 0.5) is 0 Å². The minimum atomic E-state index is -0.983. The molecule has 0 aromatic rings. The number of hydrogen-bond acceptors (Lipinski definition) is 7. The van der Waals surface area contributed by atoms with E-state index < -0.39 is 42.0 Å². The molecule has 2 amide bonds. The summed E-state index contributed by atoms with van der Waals surface area (Å²) in [5.41, 5.74) is 0. The zero-order chi connectivity index (χ0) is 18.7. The molecule has 0 aliphatic carbocycles. The fourth-order valence-electron chi connectivity index (χ4n) is 3.15. The Labute approximate surface area is 146 Å². The summed E-state index contributed by atoms with van der Waals surface area (Å²) in [5, 5.41) is 2.23. The van der Waals surface area contributed by atoms with E-state index in [1.807, 2.05) is 13.8 Å². The molecule has 2 saturated heterocycles. The predicted molar refractivity (Wildman–Crippen MR) is 85.0 cm³/mol. The number of piperidine rings is 1. The Kier molecular flexibility index (Phi) is 6.29. The molecule has 0 aromatic heterocycles. The summed E-state index contributed by atoms with van der Waals surface area (Å²) in [5.74, 6) is -2.24. The Morgan fingerprint density at radius 2 is 1.72 bits per heavy atom. The summed E-state index contributed by atoms with van der Waals surface area (Å²) in [6.45, 7) is 6.71. The van der Waals surface area contributed by atoms with E-state index in [0.717, 1.165) is 0 Å². The standard InChI is InChI=1S/C17H25NO7/c1-8(2)9(3)14(22)16-17(25-10(4)19)15(23-7-24-16)11-5-12(20)18-13(21)6-11/h8-9,11,15-17H,5-7H2,1-4H3,(H,18,20,21)/t9-,15?,16?,17-/m0/s1. The van der Waals surface area contributed by atoms with Crippen LogP contribution in [0.2, 0.25) is 0 Å². The molecule has 2 aliphatic heterocycles. The second-order valence-electron chi connectivity index (χ2n) is 6.99. The van der Waals surface area contributed by atoms with Gasteiger partial charge in [0.15, 0.2) is 18.0 Å². The first-order chi connectivity index (χ1) is 11.7. The molecule has 0 bridgehead atoms. The van der Waals surface area contributed by atoms with E-state index in [-0.39, 0.29) is 37.3 Å². The lowest BCUT2D eigenvalue weighted by Gasteiger charge is -2.41. The van der Waals surface area contributed by atoms with Gasteiger partial charge in [0.05, 0.1) is 0 Å². The third-order valence-corrected chi connectivity index (χ3v) is 4.80. The van der Waals surface area contributed by atoms with E-state index in [0.29, 0.717) is 0 Å². The number of esters is 1. The summed E-state index contributed by atoms with van der Waals surface area (Å²) < 4.78 is 16.4. The first-order valence-electron chi connectivity index (χ1n) is 8.47. The van der Waals surface area contributed by atoms with Crippen LogP contribution in [0, 0.1) is 17.8 Å². The highest BCUT2D eigenvalue weighted by molar-refractivity contribution is 5.97. The van der Waals surface area contributed by atoms with Gasteiger partial charge in [-0.2, -0.15) is 0 Å². The van der Waals surface area contributed by atoms with Crippen LogP contribution >= 0.6 is 0 Å². The Balaban J connectivity index is 2.25. The minimum Gasteiger partial charge on any atom is -0.456 e. The van der Waals surface area contributed by atoms with Crippen molar-refractivity contribution in [2.75, 3.05) is 6.79 Å². The first kappa shape index (κ1) is 19.5. The lowest BCUT2D eigenvalue weighted by molar-refractivity contribution is -0.248. The SMILES string of the molecule is CC(=O)O[C@@H]1C(C(=O)[C@@H](C)C(C)C)OCOC1C1CC(=O)NC(=O)C1. The fourth-order valence-corrected chi connectivity index (χ4v) is 3.15. The number of carbonyl (C=O) groups is 4. The summed E-state index contributed by atoms with van der Waals surface area (Å²) >= 11 is 0. The molecule has 2 heterocycles. The maximum absolute atomic E-state index is 12.8. The topological polar surface area (TPSA) is 108 Å². The van der Waals surface area contributed by atoms with E-state index in [1.54, 1.807) is 6.92 Å². The van der Waals surface area contributed by atoms with Crippen LogP contribution in [-0.4, -0.2) is 48.7 Å². The van der Waals surface area contributed by atoms with Crippen LogP contribution in [0.25, 0.3) is 0 Å². The Morgan fingerprint density at radius 1 is 1.12 bits per heavy atom. The molecule has 0 saturated carbocycles.